The zero-order valence-electron chi connectivity index (χ0n) is 10.6. The Morgan fingerprint density at radius 3 is 2.80 bits per heavy atom. The standard InChI is InChI=1S/C13H27NO/c1-4-8-14-13(10-15-3)12-7-5-6-11(2)9-12/h11-14H,4-10H2,1-3H3. The monoisotopic (exact) mass is 213 g/mol. The molecule has 0 bridgehead atoms. The number of methoxy groups -OCH3 is 1. The summed E-state index contributed by atoms with van der Waals surface area (Å²) in [6, 6.07) is 0.581. The lowest BCUT2D eigenvalue weighted by Crippen LogP contribution is -2.42. The van der Waals surface area contributed by atoms with E-state index in [1.807, 2.05) is 7.11 Å². The third-order valence-corrected chi connectivity index (χ3v) is 3.55. The topological polar surface area (TPSA) is 21.3 Å². The van der Waals surface area contributed by atoms with E-state index in [2.05, 4.69) is 19.2 Å². The van der Waals surface area contributed by atoms with Crippen LogP contribution < -0.4 is 5.32 Å². The summed E-state index contributed by atoms with van der Waals surface area (Å²) in [5, 5.41) is 3.64. The van der Waals surface area contributed by atoms with Gasteiger partial charge in [0, 0.05) is 13.2 Å². The first-order chi connectivity index (χ1) is 7.27. The van der Waals surface area contributed by atoms with Gasteiger partial charge in [-0.15, -0.1) is 0 Å². The molecule has 1 saturated carbocycles. The summed E-state index contributed by atoms with van der Waals surface area (Å²) in [6.07, 6.45) is 6.80. The Morgan fingerprint density at radius 2 is 2.20 bits per heavy atom. The van der Waals surface area contributed by atoms with Crippen molar-refractivity contribution in [3.05, 3.63) is 0 Å². The van der Waals surface area contributed by atoms with E-state index in [1.54, 1.807) is 0 Å². The lowest BCUT2D eigenvalue weighted by molar-refractivity contribution is 0.115. The predicted molar refractivity (Wildman–Crippen MR) is 65.1 cm³/mol. The number of nitrogens with one attached hydrogen (secondary N) is 1. The van der Waals surface area contributed by atoms with Crippen LogP contribution in [0.4, 0.5) is 0 Å². The van der Waals surface area contributed by atoms with E-state index in [-0.39, 0.29) is 0 Å². The van der Waals surface area contributed by atoms with Gasteiger partial charge < -0.3 is 10.1 Å². The minimum atomic E-state index is 0.581. The Hall–Kier alpha value is -0.0800. The molecule has 0 aromatic carbocycles. The van der Waals surface area contributed by atoms with Crippen molar-refractivity contribution >= 4 is 0 Å². The van der Waals surface area contributed by atoms with Crippen molar-refractivity contribution in [1.29, 1.82) is 0 Å². The van der Waals surface area contributed by atoms with Crippen molar-refractivity contribution < 1.29 is 4.74 Å². The Bertz CT molecular complexity index is 161. The van der Waals surface area contributed by atoms with Crippen molar-refractivity contribution in [2.24, 2.45) is 11.8 Å². The molecular weight excluding hydrogens is 186 g/mol. The molecule has 1 rings (SSSR count). The van der Waals surface area contributed by atoms with Gasteiger partial charge in [0.2, 0.25) is 0 Å². The van der Waals surface area contributed by atoms with Crippen LogP contribution in [0.15, 0.2) is 0 Å². The van der Waals surface area contributed by atoms with Crippen molar-refractivity contribution in [2.75, 3.05) is 20.3 Å². The van der Waals surface area contributed by atoms with E-state index >= 15 is 0 Å². The largest absolute Gasteiger partial charge is 0.383 e. The molecule has 1 aliphatic rings. The molecule has 0 amide bonds. The first-order valence-electron chi connectivity index (χ1n) is 6.50. The fraction of sp³-hybridized carbons (Fsp3) is 1.00. The first kappa shape index (κ1) is 13.0. The van der Waals surface area contributed by atoms with Crippen LogP contribution in [0.1, 0.15) is 46.0 Å². The van der Waals surface area contributed by atoms with E-state index in [0.29, 0.717) is 6.04 Å². The van der Waals surface area contributed by atoms with Gasteiger partial charge in [-0.05, 0) is 37.6 Å². The molecule has 0 aromatic rings. The number of rotatable bonds is 6. The lowest BCUT2D eigenvalue weighted by atomic mass is 9.78. The minimum Gasteiger partial charge on any atom is -0.383 e. The van der Waals surface area contributed by atoms with Gasteiger partial charge in [-0.25, -0.2) is 0 Å². The second-order valence-corrected chi connectivity index (χ2v) is 5.05. The summed E-state index contributed by atoms with van der Waals surface area (Å²) in [6.45, 7) is 6.60. The van der Waals surface area contributed by atoms with E-state index in [0.717, 1.165) is 25.0 Å². The van der Waals surface area contributed by atoms with Crippen molar-refractivity contribution in [3.63, 3.8) is 0 Å². The van der Waals surface area contributed by atoms with Gasteiger partial charge in [-0.2, -0.15) is 0 Å². The highest BCUT2D eigenvalue weighted by Gasteiger charge is 2.25. The van der Waals surface area contributed by atoms with Gasteiger partial charge >= 0.3 is 0 Å². The Morgan fingerprint density at radius 1 is 1.40 bits per heavy atom. The molecule has 2 heteroatoms. The van der Waals surface area contributed by atoms with Crippen LogP contribution >= 0.6 is 0 Å². The van der Waals surface area contributed by atoms with E-state index in [4.69, 9.17) is 4.74 Å². The number of hydrogen-bond acceptors (Lipinski definition) is 2. The summed E-state index contributed by atoms with van der Waals surface area (Å²) in [7, 11) is 1.81. The van der Waals surface area contributed by atoms with Crippen LogP contribution in [-0.2, 0) is 4.74 Å². The first-order valence-corrected chi connectivity index (χ1v) is 6.50. The van der Waals surface area contributed by atoms with Gasteiger partial charge in [-0.3, -0.25) is 0 Å². The van der Waals surface area contributed by atoms with Crippen LogP contribution in [-0.4, -0.2) is 26.3 Å². The van der Waals surface area contributed by atoms with Crippen LogP contribution in [0.2, 0.25) is 0 Å². The zero-order chi connectivity index (χ0) is 11.1. The Balaban J connectivity index is 2.38. The molecule has 15 heavy (non-hydrogen) atoms. The molecular formula is C13H27NO. The third kappa shape index (κ3) is 4.52. The quantitative estimate of drug-likeness (QED) is 0.732. The maximum Gasteiger partial charge on any atom is 0.0618 e. The fourth-order valence-corrected chi connectivity index (χ4v) is 2.72. The molecule has 1 aliphatic carbocycles. The second kappa shape index (κ2) is 7.24. The average Bonchev–Trinajstić information content (AvgIpc) is 2.24. The molecule has 0 aliphatic heterocycles. The van der Waals surface area contributed by atoms with Gasteiger partial charge in [0.25, 0.3) is 0 Å². The third-order valence-electron chi connectivity index (χ3n) is 3.55. The van der Waals surface area contributed by atoms with Gasteiger partial charge in [0.1, 0.15) is 0 Å². The van der Waals surface area contributed by atoms with Crippen LogP contribution in [0.3, 0.4) is 0 Å². The normalized spacial score (nSPS) is 29.0. The smallest absolute Gasteiger partial charge is 0.0618 e. The van der Waals surface area contributed by atoms with Crippen LogP contribution in [0.25, 0.3) is 0 Å². The van der Waals surface area contributed by atoms with Gasteiger partial charge in [0.15, 0.2) is 0 Å². The second-order valence-electron chi connectivity index (χ2n) is 5.05. The maximum atomic E-state index is 5.33. The Labute approximate surface area is 94.8 Å². The lowest BCUT2D eigenvalue weighted by Gasteiger charge is -2.33. The van der Waals surface area contributed by atoms with Gasteiger partial charge in [0.05, 0.1) is 6.61 Å². The highest BCUT2D eigenvalue weighted by Crippen LogP contribution is 2.30. The SMILES string of the molecule is CCCNC(COC)C1CCCC(C)C1. The van der Waals surface area contributed by atoms with Gasteiger partial charge in [-0.1, -0.05) is 26.7 Å². The maximum absolute atomic E-state index is 5.33. The molecule has 0 saturated heterocycles. The summed E-state index contributed by atoms with van der Waals surface area (Å²) in [5.74, 6) is 1.74. The summed E-state index contributed by atoms with van der Waals surface area (Å²) in [4.78, 5) is 0. The summed E-state index contributed by atoms with van der Waals surface area (Å²) in [5.41, 5.74) is 0. The summed E-state index contributed by atoms with van der Waals surface area (Å²) < 4.78 is 5.33. The molecule has 3 atom stereocenters. The molecule has 0 heterocycles. The number of ether oxygens (including phenoxy) is 1. The van der Waals surface area contributed by atoms with Crippen molar-refractivity contribution in [2.45, 2.75) is 52.0 Å². The zero-order valence-corrected chi connectivity index (χ0v) is 10.6. The van der Waals surface area contributed by atoms with E-state index in [1.165, 1.54) is 32.1 Å². The van der Waals surface area contributed by atoms with E-state index in [9.17, 15) is 0 Å². The van der Waals surface area contributed by atoms with Crippen molar-refractivity contribution in [1.82, 2.24) is 5.32 Å². The summed E-state index contributed by atoms with van der Waals surface area (Å²) >= 11 is 0. The minimum absolute atomic E-state index is 0.581. The molecule has 3 unspecified atom stereocenters. The highest BCUT2D eigenvalue weighted by atomic mass is 16.5. The van der Waals surface area contributed by atoms with Crippen LogP contribution in [0, 0.1) is 11.8 Å². The molecule has 1 N–H and O–H groups in total. The molecule has 0 aromatic heterocycles. The molecule has 2 nitrogen and oxygen atoms in total. The molecule has 1 fully saturated rings. The fourth-order valence-electron chi connectivity index (χ4n) is 2.72. The molecule has 0 spiro atoms. The van der Waals surface area contributed by atoms with E-state index < -0.39 is 0 Å². The predicted octanol–water partition coefficient (Wildman–Crippen LogP) is 2.83. The highest BCUT2D eigenvalue weighted by molar-refractivity contribution is 4.81. The molecule has 0 radical (unpaired) electrons. The van der Waals surface area contributed by atoms with Crippen molar-refractivity contribution in [3.8, 4) is 0 Å². The number of hydrogen-bond donors (Lipinski definition) is 1. The average molecular weight is 213 g/mol. The Kier molecular flexibility index (Phi) is 6.26. The van der Waals surface area contributed by atoms with Crippen LogP contribution in [0.5, 0.6) is 0 Å². The molecule has 90 valence electrons.